The molecule has 0 radical (unpaired) electrons. The molecule has 2 aromatic heterocycles. The molecule has 0 unspecified atom stereocenters. The molecule has 8 heteroatoms. The van der Waals surface area contributed by atoms with E-state index in [4.69, 9.17) is 5.26 Å². The number of aromatic nitrogens is 3. The first-order valence-corrected chi connectivity index (χ1v) is 7.92. The summed E-state index contributed by atoms with van der Waals surface area (Å²) >= 11 is 0. The molecule has 130 valence electrons. The third kappa shape index (κ3) is 4.88. The van der Waals surface area contributed by atoms with Gasteiger partial charge in [-0.3, -0.25) is 30.1 Å². The third-order valence-corrected chi connectivity index (χ3v) is 3.83. The second kappa shape index (κ2) is 8.59. The van der Waals surface area contributed by atoms with Gasteiger partial charge in [-0.25, -0.2) is 0 Å². The highest BCUT2D eigenvalue weighted by Crippen LogP contribution is 2.15. The largest absolute Gasteiger partial charge is 0.273 e. The van der Waals surface area contributed by atoms with Crippen molar-refractivity contribution in [3.63, 3.8) is 0 Å². The molecule has 2 aromatic rings. The van der Waals surface area contributed by atoms with Gasteiger partial charge in [-0.2, -0.15) is 10.4 Å². The average Bonchev–Trinajstić information content (AvgIpc) is 2.90. The van der Waals surface area contributed by atoms with Crippen molar-refractivity contribution in [1.82, 2.24) is 25.6 Å². The van der Waals surface area contributed by atoms with E-state index in [2.05, 4.69) is 27.0 Å². The van der Waals surface area contributed by atoms with E-state index in [0.717, 1.165) is 17.0 Å². The zero-order valence-corrected chi connectivity index (χ0v) is 14.2. The van der Waals surface area contributed by atoms with Gasteiger partial charge in [0.1, 0.15) is 0 Å². The van der Waals surface area contributed by atoms with Crippen molar-refractivity contribution in [2.45, 2.75) is 39.7 Å². The summed E-state index contributed by atoms with van der Waals surface area (Å²) in [5, 5.41) is 13.1. The summed E-state index contributed by atoms with van der Waals surface area (Å²) in [4.78, 5) is 27.6. The minimum Gasteiger partial charge on any atom is -0.273 e. The highest BCUT2D eigenvalue weighted by Gasteiger charge is 2.13. The molecule has 25 heavy (non-hydrogen) atoms. The molecule has 2 rings (SSSR count). The van der Waals surface area contributed by atoms with Gasteiger partial charge in [-0.15, -0.1) is 0 Å². The normalized spacial score (nSPS) is 10.1. The quantitative estimate of drug-likeness (QED) is 0.767. The Morgan fingerprint density at radius 2 is 1.96 bits per heavy atom. The molecule has 2 N–H and O–H groups in total. The molecule has 0 saturated carbocycles. The van der Waals surface area contributed by atoms with Gasteiger partial charge in [0.15, 0.2) is 0 Å². The van der Waals surface area contributed by atoms with Gasteiger partial charge < -0.3 is 0 Å². The lowest BCUT2D eigenvalue weighted by molar-refractivity contribution is -0.121. The summed E-state index contributed by atoms with van der Waals surface area (Å²) in [5.41, 5.74) is 8.00. The van der Waals surface area contributed by atoms with Crippen molar-refractivity contribution in [2.24, 2.45) is 0 Å². The van der Waals surface area contributed by atoms with Crippen LogP contribution in [0.1, 0.15) is 40.2 Å². The fourth-order valence-corrected chi connectivity index (χ4v) is 2.47. The Morgan fingerprint density at radius 1 is 1.24 bits per heavy atom. The summed E-state index contributed by atoms with van der Waals surface area (Å²) in [6.45, 7) is 4.35. The fraction of sp³-hybridized carbons (Fsp3) is 0.353. The number of carbonyl (C=O) groups is 2. The first-order valence-electron chi connectivity index (χ1n) is 7.92. The molecule has 2 amide bonds. The van der Waals surface area contributed by atoms with Crippen LogP contribution in [0.3, 0.4) is 0 Å². The second-order valence-electron chi connectivity index (χ2n) is 5.52. The van der Waals surface area contributed by atoms with E-state index in [9.17, 15) is 9.59 Å². The highest BCUT2D eigenvalue weighted by atomic mass is 16.2. The van der Waals surface area contributed by atoms with Crippen molar-refractivity contribution < 1.29 is 9.59 Å². The van der Waals surface area contributed by atoms with Crippen LogP contribution in [0.5, 0.6) is 0 Å². The monoisotopic (exact) mass is 340 g/mol. The minimum atomic E-state index is -0.396. The molecular weight excluding hydrogens is 320 g/mol. The van der Waals surface area contributed by atoms with Crippen LogP contribution >= 0.6 is 0 Å². The minimum absolute atomic E-state index is 0.224. The SMILES string of the molecule is Cc1nn(CCC#N)c(C)c1CCC(=O)NNC(=O)c1ccncc1. The predicted molar refractivity (Wildman–Crippen MR) is 90.1 cm³/mol. The topological polar surface area (TPSA) is 113 Å². The van der Waals surface area contributed by atoms with Gasteiger partial charge in [0.05, 0.1) is 24.7 Å². The van der Waals surface area contributed by atoms with E-state index >= 15 is 0 Å². The van der Waals surface area contributed by atoms with E-state index in [1.807, 2.05) is 13.8 Å². The van der Waals surface area contributed by atoms with Gasteiger partial charge in [-0.05, 0) is 38.0 Å². The Morgan fingerprint density at radius 3 is 2.64 bits per heavy atom. The van der Waals surface area contributed by atoms with Crippen molar-refractivity contribution >= 4 is 11.8 Å². The van der Waals surface area contributed by atoms with Crippen LogP contribution in [0.15, 0.2) is 24.5 Å². The van der Waals surface area contributed by atoms with E-state index in [1.165, 1.54) is 12.4 Å². The van der Waals surface area contributed by atoms with Crippen LogP contribution in [-0.2, 0) is 17.8 Å². The van der Waals surface area contributed by atoms with Crippen molar-refractivity contribution in [3.05, 3.63) is 47.0 Å². The van der Waals surface area contributed by atoms with Crippen LogP contribution < -0.4 is 10.9 Å². The number of hydrogen-bond donors (Lipinski definition) is 2. The van der Waals surface area contributed by atoms with E-state index in [0.29, 0.717) is 24.9 Å². The van der Waals surface area contributed by atoms with E-state index < -0.39 is 5.91 Å². The highest BCUT2D eigenvalue weighted by molar-refractivity contribution is 5.95. The van der Waals surface area contributed by atoms with E-state index in [-0.39, 0.29) is 12.3 Å². The Bertz CT molecular complexity index is 791. The average molecular weight is 340 g/mol. The molecule has 0 aromatic carbocycles. The lowest BCUT2D eigenvalue weighted by Crippen LogP contribution is -2.41. The summed E-state index contributed by atoms with van der Waals surface area (Å²) < 4.78 is 1.79. The Balaban J connectivity index is 1.85. The van der Waals surface area contributed by atoms with Crippen molar-refractivity contribution in [2.75, 3.05) is 0 Å². The first kappa shape index (κ1) is 18.1. The molecule has 2 heterocycles. The fourth-order valence-electron chi connectivity index (χ4n) is 2.47. The zero-order chi connectivity index (χ0) is 18.2. The number of carbonyl (C=O) groups excluding carboxylic acids is 2. The van der Waals surface area contributed by atoms with Crippen LogP contribution in [-0.4, -0.2) is 26.6 Å². The summed E-state index contributed by atoms with van der Waals surface area (Å²) in [6, 6.07) is 5.21. The van der Waals surface area contributed by atoms with Crippen molar-refractivity contribution in [1.29, 1.82) is 5.26 Å². The van der Waals surface area contributed by atoms with Gasteiger partial charge in [0.25, 0.3) is 5.91 Å². The summed E-state index contributed by atoms with van der Waals surface area (Å²) in [7, 11) is 0. The third-order valence-electron chi connectivity index (χ3n) is 3.83. The van der Waals surface area contributed by atoms with Gasteiger partial charge >= 0.3 is 0 Å². The number of pyridine rings is 1. The summed E-state index contributed by atoms with van der Waals surface area (Å²) in [6.07, 6.45) is 4.14. The van der Waals surface area contributed by atoms with Gasteiger partial charge in [-0.1, -0.05) is 0 Å². The molecule has 8 nitrogen and oxygen atoms in total. The first-order chi connectivity index (χ1) is 12.0. The van der Waals surface area contributed by atoms with Crippen LogP contribution in [0.25, 0.3) is 0 Å². The van der Waals surface area contributed by atoms with Crippen LogP contribution in [0, 0.1) is 25.2 Å². The van der Waals surface area contributed by atoms with Crippen LogP contribution in [0.2, 0.25) is 0 Å². The lowest BCUT2D eigenvalue weighted by atomic mass is 10.1. The predicted octanol–water partition coefficient (Wildman–Crippen LogP) is 1.20. The molecule has 0 atom stereocenters. The number of nitriles is 1. The maximum Gasteiger partial charge on any atom is 0.269 e. The number of hydrogen-bond acceptors (Lipinski definition) is 5. The molecule has 0 saturated heterocycles. The molecule has 0 spiro atoms. The molecular formula is C17H20N6O2. The van der Waals surface area contributed by atoms with Crippen molar-refractivity contribution in [3.8, 4) is 6.07 Å². The number of nitrogens with one attached hydrogen (secondary N) is 2. The standard InChI is InChI=1S/C17H20N6O2/c1-12-15(13(2)23(22-12)11-3-8-18)4-5-16(24)20-21-17(25)14-6-9-19-10-7-14/h6-7,9-10H,3-5,11H2,1-2H3,(H,20,24)(H,21,25). The van der Waals surface area contributed by atoms with Gasteiger partial charge in [0, 0.05) is 30.1 Å². The maximum absolute atomic E-state index is 11.9. The number of rotatable bonds is 6. The molecule has 0 bridgehead atoms. The van der Waals surface area contributed by atoms with E-state index in [1.54, 1.807) is 16.8 Å². The lowest BCUT2D eigenvalue weighted by Gasteiger charge is -2.07. The smallest absolute Gasteiger partial charge is 0.269 e. The number of nitrogens with zero attached hydrogens (tertiary/aromatic N) is 4. The zero-order valence-electron chi connectivity index (χ0n) is 14.2. The number of amides is 2. The molecule has 0 aliphatic carbocycles. The van der Waals surface area contributed by atoms with Gasteiger partial charge in [0.2, 0.25) is 5.91 Å². The Labute approximate surface area is 145 Å². The Kier molecular flexibility index (Phi) is 6.23. The number of hydrazine groups is 1. The van der Waals surface area contributed by atoms with Crippen LogP contribution in [0.4, 0.5) is 0 Å². The second-order valence-corrected chi connectivity index (χ2v) is 5.52. The summed E-state index contributed by atoms with van der Waals surface area (Å²) in [5.74, 6) is -0.682. The molecule has 0 aliphatic rings. The maximum atomic E-state index is 11.9. The molecule has 0 aliphatic heterocycles. The Hall–Kier alpha value is -3.21. The number of aryl methyl sites for hydroxylation is 2. The molecule has 0 fully saturated rings.